The van der Waals surface area contributed by atoms with Gasteiger partial charge in [0, 0.05) is 6.54 Å². The molecule has 1 aromatic rings. The van der Waals surface area contributed by atoms with Crippen LogP contribution in [-0.2, 0) is 14.3 Å². The molecular formula is C15H19ClN2O3. The number of para-hydroxylation sites is 1. The van der Waals surface area contributed by atoms with E-state index in [1.165, 1.54) is 0 Å². The van der Waals surface area contributed by atoms with Crippen molar-refractivity contribution < 1.29 is 14.3 Å². The number of halogens is 1. The summed E-state index contributed by atoms with van der Waals surface area (Å²) in [6, 6.07) is 6.96. The van der Waals surface area contributed by atoms with Crippen LogP contribution in [0.3, 0.4) is 0 Å². The Hall–Kier alpha value is -1.85. The number of esters is 1. The minimum absolute atomic E-state index is 0.0375. The highest BCUT2D eigenvalue weighted by molar-refractivity contribution is 6.33. The number of carbonyl (C=O) groups is 2. The third-order valence-corrected chi connectivity index (χ3v) is 2.89. The zero-order valence-corrected chi connectivity index (χ0v) is 12.7. The van der Waals surface area contributed by atoms with E-state index in [1.807, 2.05) is 0 Å². The summed E-state index contributed by atoms with van der Waals surface area (Å²) in [5, 5.41) is 3.17. The van der Waals surface area contributed by atoms with E-state index in [2.05, 4.69) is 11.9 Å². The second-order valence-electron chi connectivity index (χ2n) is 4.29. The number of hydrogen-bond donors (Lipinski definition) is 1. The second-order valence-corrected chi connectivity index (χ2v) is 4.70. The lowest BCUT2D eigenvalue weighted by Gasteiger charge is -2.19. The number of ether oxygens (including phenoxy) is 1. The summed E-state index contributed by atoms with van der Waals surface area (Å²) in [6.07, 6.45) is 1.63. The molecule has 1 N–H and O–H groups in total. The smallest absolute Gasteiger partial charge is 0.320 e. The number of anilines is 1. The molecule has 0 heterocycles. The third-order valence-electron chi connectivity index (χ3n) is 2.56. The minimum Gasteiger partial charge on any atom is -0.465 e. The molecule has 5 nitrogen and oxygen atoms in total. The molecule has 0 saturated carbocycles. The number of nitrogens with one attached hydrogen (secondary N) is 1. The SMILES string of the molecule is C=CCN(CC(=O)Nc1ccccc1Cl)CC(=O)OCC. The predicted molar refractivity (Wildman–Crippen MR) is 83.4 cm³/mol. The van der Waals surface area contributed by atoms with Crippen LogP contribution in [0.25, 0.3) is 0 Å². The molecule has 21 heavy (non-hydrogen) atoms. The molecule has 0 saturated heterocycles. The highest BCUT2D eigenvalue weighted by Crippen LogP contribution is 2.20. The topological polar surface area (TPSA) is 58.6 Å². The summed E-state index contributed by atoms with van der Waals surface area (Å²) >= 11 is 5.97. The maximum absolute atomic E-state index is 12.0. The molecule has 6 heteroatoms. The van der Waals surface area contributed by atoms with Crippen molar-refractivity contribution in [3.8, 4) is 0 Å². The van der Waals surface area contributed by atoms with Gasteiger partial charge in [0.2, 0.25) is 5.91 Å². The van der Waals surface area contributed by atoms with Gasteiger partial charge in [-0.15, -0.1) is 6.58 Å². The Morgan fingerprint density at radius 1 is 1.38 bits per heavy atom. The third kappa shape index (κ3) is 6.42. The van der Waals surface area contributed by atoms with Crippen LogP contribution in [0.2, 0.25) is 5.02 Å². The molecule has 0 aliphatic rings. The van der Waals surface area contributed by atoms with Crippen LogP contribution in [0.1, 0.15) is 6.92 Å². The van der Waals surface area contributed by atoms with Gasteiger partial charge in [0.05, 0.1) is 30.4 Å². The summed E-state index contributed by atoms with van der Waals surface area (Å²) < 4.78 is 4.87. The average molecular weight is 311 g/mol. The lowest BCUT2D eigenvalue weighted by atomic mass is 10.3. The van der Waals surface area contributed by atoms with Gasteiger partial charge >= 0.3 is 5.97 Å². The van der Waals surface area contributed by atoms with E-state index in [-0.39, 0.29) is 25.0 Å². The Morgan fingerprint density at radius 3 is 2.71 bits per heavy atom. The molecule has 1 rings (SSSR count). The lowest BCUT2D eigenvalue weighted by Crippen LogP contribution is -2.37. The number of amides is 1. The monoisotopic (exact) mass is 310 g/mol. The Labute approximate surface area is 129 Å². The molecule has 0 bridgehead atoms. The van der Waals surface area contributed by atoms with Crippen molar-refractivity contribution in [2.45, 2.75) is 6.92 Å². The second kappa shape index (κ2) is 9.15. The van der Waals surface area contributed by atoms with Crippen LogP contribution in [0.15, 0.2) is 36.9 Å². The number of benzene rings is 1. The van der Waals surface area contributed by atoms with Crippen molar-refractivity contribution in [1.29, 1.82) is 0 Å². The summed E-state index contributed by atoms with van der Waals surface area (Å²) in [5.41, 5.74) is 0.541. The molecule has 0 aromatic heterocycles. The van der Waals surface area contributed by atoms with Gasteiger partial charge in [0.1, 0.15) is 0 Å². The van der Waals surface area contributed by atoms with E-state index in [9.17, 15) is 9.59 Å². The number of carbonyl (C=O) groups excluding carboxylic acids is 2. The van der Waals surface area contributed by atoms with E-state index in [0.717, 1.165) is 0 Å². The van der Waals surface area contributed by atoms with Crippen molar-refractivity contribution in [3.05, 3.63) is 41.9 Å². The zero-order valence-electron chi connectivity index (χ0n) is 12.0. The van der Waals surface area contributed by atoms with E-state index < -0.39 is 0 Å². The van der Waals surface area contributed by atoms with Crippen LogP contribution in [0.4, 0.5) is 5.69 Å². The van der Waals surface area contributed by atoms with Gasteiger partial charge < -0.3 is 10.1 Å². The van der Waals surface area contributed by atoms with E-state index in [4.69, 9.17) is 16.3 Å². The number of nitrogens with zero attached hydrogens (tertiary/aromatic N) is 1. The van der Waals surface area contributed by atoms with Gasteiger partial charge in [0.15, 0.2) is 0 Å². The molecule has 1 aromatic carbocycles. The first kappa shape index (κ1) is 17.2. The Kier molecular flexibility index (Phi) is 7.50. The Bertz CT molecular complexity index is 505. The van der Waals surface area contributed by atoms with Crippen molar-refractivity contribution in [3.63, 3.8) is 0 Å². The first-order valence-corrected chi connectivity index (χ1v) is 6.97. The van der Waals surface area contributed by atoms with Gasteiger partial charge in [0.25, 0.3) is 0 Å². The van der Waals surface area contributed by atoms with Crippen LogP contribution >= 0.6 is 11.6 Å². The van der Waals surface area contributed by atoms with Crippen LogP contribution < -0.4 is 5.32 Å². The Balaban J connectivity index is 2.58. The largest absolute Gasteiger partial charge is 0.465 e. The van der Waals surface area contributed by atoms with Gasteiger partial charge in [-0.2, -0.15) is 0 Å². The maximum atomic E-state index is 12.0. The molecule has 0 spiro atoms. The molecule has 1 amide bonds. The fourth-order valence-corrected chi connectivity index (χ4v) is 1.90. The van der Waals surface area contributed by atoms with Gasteiger partial charge in [-0.25, -0.2) is 0 Å². The average Bonchev–Trinajstić information content (AvgIpc) is 2.41. The number of hydrogen-bond acceptors (Lipinski definition) is 4. The molecule has 0 radical (unpaired) electrons. The van der Waals surface area contributed by atoms with Crippen LogP contribution in [0.5, 0.6) is 0 Å². The summed E-state index contributed by atoms with van der Waals surface area (Å²) in [6.45, 7) is 6.16. The maximum Gasteiger partial charge on any atom is 0.320 e. The first-order valence-electron chi connectivity index (χ1n) is 6.60. The van der Waals surface area contributed by atoms with Gasteiger partial charge in [-0.1, -0.05) is 29.8 Å². The quantitative estimate of drug-likeness (QED) is 0.591. The number of rotatable bonds is 8. The van der Waals surface area contributed by atoms with Crippen LogP contribution in [0, 0.1) is 0 Å². The highest BCUT2D eigenvalue weighted by Gasteiger charge is 2.14. The summed E-state index contributed by atoms with van der Waals surface area (Å²) in [4.78, 5) is 25.1. The van der Waals surface area contributed by atoms with Crippen molar-refractivity contribution in [2.24, 2.45) is 0 Å². The van der Waals surface area contributed by atoms with Crippen LogP contribution in [-0.4, -0.2) is 43.0 Å². The molecule has 0 atom stereocenters. The molecular weight excluding hydrogens is 292 g/mol. The van der Waals surface area contributed by atoms with E-state index in [0.29, 0.717) is 23.9 Å². The standard InChI is InChI=1S/C15H19ClN2O3/c1-3-9-18(11-15(20)21-4-2)10-14(19)17-13-8-6-5-7-12(13)16/h3,5-8H,1,4,9-11H2,2H3,(H,17,19). The van der Waals surface area contributed by atoms with Crippen molar-refractivity contribution in [1.82, 2.24) is 4.90 Å². The van der Waals surface area contributed by atoms with E-state index >= 15 is 0 Å². The summed E-state index contributed by atoms with van der Waals surface area (Å²) in [7, 11) is 0. The first-order chi connectivity index (χ1) is 10.1. The van der Waals surface area contributed by atoms with Gasteiger partial charge in [-0.3, -0.25) is 14.5 Å². The summed E-state index contributed by atoms with van der Waals surface area (Å²) in [5.74, 6) is -0.626. The molecule has 0 aliphatic heterocycles. The molecule has 0 aliphatic carbocycles. The van der Waals surface area contributed by atoms with Gasteiger partial charge in [-0.05, 0) is 19.1 Å². The normalized spacial score (nSPS) is 10.2. The zero-order chi connectivity index (χ0) is 15.7. The van der Waals surface area contributed by atoms with Crippen molar-refractivity contribution >= 4 is 29.2 Å². The Morgan fingerprint density at radius 2 is 2.10 bits per heavy atom. The molecule has 0 unspecified atom stereocenters. The highest BCUT2D eigenvalue weighted by atomic mass is 35.5. The molecule has 114 valence electrons. The fraction of sp³-hybridized carbons (Fsp3) is 0.333. The van der Waals surface area contributed by atoms with E-state index in [1.54, 1.807) is 42.2 Å². The minimum atomic E-state index is -0.370. The predicted octanol–water partition coefficient (Wildman–Crippen LogP) is 2.33. The van der Waals surface area contributed by atoms with Crippen molar-refractivity contribution in [2.75, 3.05) is 31.6 Å². The fourth-order valence-electron chi connectivity index (χ4n) is 1.71. The molecule has 0 fully saturated rings. The lowest BCUT2D eigenvalue weighted by molar-refractivity contribution is -0.144.